The molecule has 13 nitrogen and oxygen atoms in total. The highest BCUT2D eigenvalue weighted by Gasteiger charge is 2.56. The standard InChI is InChI=1S/C25H30I3N5O8/c1-8(35)32(3)19-16(26)14(17(27)20(18(19)28)33(4)9(2)36)10-5-11(29)15(12(30)6-10)24(39)25(40)23(31)22(38)21(37)13(7-34)41-25/h5-6,13,21-23,34,37-38,40H,7,29-31H2,1-4H3/t13-,21-,22+,23-,25?/m1/s1. The second-order valence-corrected chi connectivity index (χ2v) is 12.8. The third-order valence-electron chi connectivity index (χ3n) is 6.99. The van der Waals surface area contributed by atoms with Gasteiger partial charge in [-0.05, 0) is 85.5 Å². The number of anilines is 4. The zero-order chi connectivity index (χ0) is 31.3. The summed E-state index contributed by atoms with van der Waals surface area (Å²) in [7, 11) is 3.22. The largest absolute Gasteiger partial charge is 0.398 e. The molecule has 2 amide bonds. The molecule has 2 aromatic carbocycles. The summed E-state index contributed by atoms with van der Waals surface area (Å²) in [5.41, 5.74) is 20.0. The van der Waals surface area contributed by atoms with Crippen molar-refractivity contribution >= 4 is 108 Å². The highest BCUT2D eigenvalue weighted by molar-refractivity contribution is 14.1. The van der Waals surface area contributed by atoms with Crippen LogP contribution in [-0.2, 0) is 14.3 Å². The van der Waals surface area contributed by atoms with Crippen LogP contribution in [0.4, 0.5) is 22.7 Å². The van der Waals surface area contributed by atoms with E-state index in [0.29, 0.717) is 33.2 Å². The predicted molar refractivity (Wildman–Crippen MR) is 178 cm³/mol. The molecular formula is C25H30I3N5O8. The zero-order valence-corrected chi connectivity index (χ0v) is 28.8. The van der Waals surface area contributed by atoms with E-state index in [0.717, 1.165) is 0 Å². The van der Waals surface area contributed by atoms with Crippen LogP contribution in [0.3, 0.4) is 0 Å². The van der Waals surface area contributed by atoms with Gasteiger partial charge in [-0.3, -0.25) is 14.4 Å². The summed E-state index contributed by atoms with van der Waals surface area (Å²) in [6, 6.07) is 1.09. The molecule has 10 N–H and O–H groups in total. The Balaban J connectivity index is 2.27. The molecule has 1 aliphatic rings. The molecule has 0 aromatic heterocycles. The number of hydrogen-bond acceptors (Lipinski definition) is 11. The fraction of sp³-hybridized carbons (Fsp3) is 0.400. The first-order valence-electron chi connectivity index (χ1n) is 12.0. The normalized spacial score (nSPS) is 24.2. The number of halogens is 3. The van der Waals surface area contributed by atoms with Crippen molar-refractivity contribution in [3.05, 3.63) is 28.4 Å². The molecule has 3 rings (SSSR count). The number of ether oxygens (including phenoxy) is 1. The number of hydrogen-bond donors (Lipinski definition) is 7. The summed E-state index contributed by atoms with van der Waals surface area (Å²) in [4.78, 5) is 41.3. The third-order valence-corrected chi connectivity index (χ3v) is 10.1. The lowest BCUT2D eigenvalue weighted by molar-refractivity contribution is -0.286. The van der Waals surface area contributed by atoms with Crippen LogP contribution in [0.25, 0.3) is 11.1 Å². The molecule has 0 bridgehead atoms. The quantitative estimate of drug-likeness (QED) is 0.121. The number of nitrogens with zero attached hydrogens (tertiary/aromatic N) is 2. The van der Waals surface area contributed by atoms with Crippen molar-refractivity contribution in [1.82, 2.24) is 0 Å². The van der Waals surface area contributed by atoms with Gasteiger partial charge in [-0.25, -0.2) is 0 Å². The van der Waals surface area contributed by atoms with Crippen LogP contribution in [-0.4, -0.2) is 88.9 Å². The van der Waals surface area contributed by atoms with Crippen LogP contribution in [0.15, 0.2) is 12.1 Å². The van der Waals surface area contributed by atoms with E-state index in [1.165, 1.54) is 35.8 Å². The minimum atomic E-state index is -2.86. The Kier molecular flexibility index (Phi) is 10.5. The van der Waals surface area contributed by atoms with Crippen molar-refractivity contribution in [2.75, 3.05) is 42.0 Å². The van der Waals surface area contributed by atoms with E-state index in [1.807, 2.05) is 0 Å². The smallest absolute Gasteiger partial charge is 0.250 e. The minimum Gasteiger partial charge on any atom is -0.398 e. The summed E-state index contributed by atoms with van der Waals surface area (Å²) in [6.07, 6.45) is -4.97. The van der Waals surface area contributed by atoms with Gasteiger partial charge in [0.15, 0.2) is 0 Å². The number of rotatable bonds is 6. The summed E-state index contributed by atoms with van der Waals surface area (Å²) < 4.78 is 7.22. The Morgan fingerprint density at radius 3 is 1.76 bits per heavy atom. The third kappa shape index (κ3) is 5.90. The summed E-state index contributed by atoms with van der Waals surface area (Å²) in [5, 5.41) is 41.1. The van der Waals surface area contributed by atoms with Crippen molar-refractivity contribution in [3.8, 4) is 11.1 Å². The topological polar surface area (TPSA) is 226 Å². The van der Waals surface area contributed by atoms with E-state index in [1.54, 1.807) is 14.1 Å². The maximum atomic E-state index is 13.6. The fourth-order valence-corrected chi connectivity index (χ4v) is 9.70. The average Bonchev–Trinajstić information content (AvgIpc) is 2.88. The Bertz CT molecular complexity index is 1350. The van der Waals surface area contributed by atoms with E-state index >= 15 is 0 Å². The van der Waals surface area contributed by atoms with Crippen molar-refractivity contribution in [3.63, 3.8) is 0 Å². The molecule has 41 heavy (non-hydrogen) atoms. The monoisotopic (exact) mass is 909 g/mol. The van der Waals surface area contributed by atoms with Crippen molar-refractivity contribution in [2.45, 2.75) is 44.0 Å². The van der Waals surface area contributed by atoms with Gasteiger partial charge in [0.25, 0.3) is 0 Å². The van der Waals surface area contributed by atoms with Crippen molar-refractivity contribution < 1.29 is 39.5 Å². The zero-order valence-electron chi connectivity index (χ0n) is 22.4. The van der Waals surface area contributed by atoms with E-state index < -0.39 is 42.5 Å². The van der Waals surface area contributed by atoms with Gasteiger partial charge in [-0.2, -0.15) is 0 Å². The lowest BCUT2D eigenvalue weighted by atomic mass is 9.85. The fourth-order valence-electron chi connectivity index (χ4n) is 4.46. The van der Waals surface area contributed by atoms with Gasteiger partial charge in [0.2, 0.25) is 23.4 Å². The second kappa shape index (κ2) is 12.7. The number of amides is 2. The highest BCUT2D eigenvalue weighted by atomic mass is 127. The van der Waals surface area contributed by atoms with Crippen LogP contribution in [0.5, 0.6) is 0 Å². The second-order valence-electron chi connectivity index (χ2n) is 9.57. The molecule has 1 unspecified atom stereocenters. The van der Waals surface area contributed by atoms with Crippen LogP contribution >= 0.6 is 67.8 Å². The minimum absolute atomic E-state index is 0.163. The SMILES string of the molecule is CC(=O)N(C)c1c(I)c(-c2cc(N)c(C(=O)C3(O)O[C@H](CO)[C@@H](O)[C@H](O)[C@H]3N)c(N)c2)c(I)c(N(C)C(C)=O)c1I. The summed E-state index contributed by atoms with van der Waals surface area (Å²) in [5.74, 6) is -4.52. The van der Waals surface area contributed by atoms with Crippen molar-refractivity contribution in [2.24, 2.45) is 5.73 Å². The van der Waals surface area contributed by atoms with Gasteiger partial charge in [0, 0.05) is 52.0 Å². The highest BCUT2D eigenvalue weighted by Crippen LogP contribution is 2.47. The van der Waals surface area contributed by atoms with Gasteiger partial charge in [-0.15, -0.1) is 0 Å². The number of ketones is 1. The molecule has 2 aromatic rings. The molecule has 1 saturated heterocycles. The Morgan fingerprint density at radius 2 is 1.37 bits per heavy atom. The molecule has 1 fully saturated rings. The lowest BCUT2D eigenvalue weighted by Gasteiger charge is -2.45. The first-order chi connectivity index (χ1) is 18.9. The Morgan fingerprint density at radius 1 is 0.927 bits per heavy atom. The number of benzene rings is 2. The molecule has 0 radical (unpaired) electrons. The van der Waals surface area contributed by atoms with Crippen LogP contribution < -0.4 is 27.0 Å². The van der Waals surface area contributed by atoms with Gasteiger partial charge < -0.3 is 52.2 Å². The summed E-state index contributed by atoms with van der Waals surface area (Å²) >= 11 is 6.27. The Hall–Kier alpha value is -1.40. The molecule has 224 valence electrons. The van der Waals surface area contributed by atoms with Gasteiger partial charge in [-0.1, -0.05) is 0 Å². The van der Waals surface area contributed by atoms with E-state index in [4.69, 9.17) is 21.9 Å². The number of Topliss-reactive ketones (excluding diaryl/α,β-unsaturated/α-hetero) is 1. The van der Waals surface area contributed by atoms with Crippen LogP contribution in [0.1, 0.15) is 24.2 Å². The predicted octanol–water partition coefficient (Wildman–Crippen LogP) is 0.609. The molecule has 0 saturated carbocycles. The molecule has 1 heterocycles. The number of carbonyl (C=O) groups excluding carboxylic acids is 3. The van der Waals surface area contributed by atoms with Crippen LogP contribution in [0.2, 0.25) is 0 Å². The van der Waals surface area contributed by atoms with Gasteiger partial charge in [0.05, 0.1) is 33.2 Å². The van der Waals surface area contributed by atoms with Gasteiger partial charge in [0.1, 0.15) is 18.3 Å². The molecule has 5 atom stereocenters. The average molecular weight is 909 g/mol. The molecular weight excluding hydrogens is 879 g/mol. The number of nitrogens with two attached hydrogens (primary N) is 3. The number of aliphatic hydroxyl groups is 4. The lowest BCUT2D eigenvalue weighted by Crippen LogP contribution is -2.71. The molecule has 16 heteroatoms. The first kappa shape index (κ1) is 34.1. The maximum absolute atomic E-state index is 13.6. The van der Waals surface area contributed by atoms with E-state index in [9.17, 15) is 34.8 Å². The van der Waals surface area contributed by atoms with Gasteiger partial charge >= 0.3 is 0 Å². The number of carbonyl (C=O) groups is 3. The first-order valence-corrected chi connectivity index (χ1v) is 15.2. The summed E-state index contributed by atoms with van der Waals surface area (Å²) in [6.45, 7) is 2.01. The molecule has 0 aliphatic carbocycles. The van der Waals surface area contributed by atoms with Crippen LogP contribution in [0, 0.1) is 10.7 Å². The van der Waals surface area contributed by atoms with E-state index in [-0.39, 0.29) is 28.8 Å². The Labute approximate surface area is 276 Å². The van der Waals surface area contributed by atoms with E-state index in [2.05, 4.69) is 67.8 Å². The molecule has 0 spiro atoms. The number of aliphatic hydroxyl groups excluding tert-OH is 3. The van der Waals surface area contributed by atoms with Crippen molar-refractivity contribution in [1.29, 1.82) is 0 Å². The maximum Gasteiger partial charge on any atom is 0.250 e. The molecule has 1 aliphatic heterocycles. The number of nitrogen functional groups attached to an aromatic ring is 2.